The van der Waals surface area contributed by atoms with Crippen LogP contribution in [0.25, 0.3) is 6.08 Å². The summed E-state index contributed by atoms with van der Waals surface area (Å²) in [6, 6.07) is 18.3. The highest BCUT2D eigenvalue weighted by atomic mass is 19.1. The van der Waals surface area contributed by atoms with Gasteiger partial charge in [0.15, 0.2) is 11.5 Å². The lowest BCUT2D eigenvalue weighted by Gasteiger charge is -2.16. The van der Waals surface area contributed by atoms with E-state index in [9.17, 15) is 14.4 Å². The van der Waals surface area contributed by atoms with Gasteiger partial charge in [0.2, 0.25) is 0 Å². The van der Waals surface area contributed by atoms with Gasteiger partial charge in [-0.05, 0) is 72.2 Å². The van der Waals surface area contributed by atoms with E-state index >= 15 is 0 Å². The average Bonchev–Trinajstić information content (AvgIpc) is 2.87. The van der Waals surface area contributed by atoms with Crippen molar-refractivity contribution in [1.82, 2.24) is 0 Å². The third-order valence-corrected chi connectivity index (χ3v) is 5.06. The van der Waals surface area contributed by atoms with Crippen molar-refractivity contribution in [2.75, 3.05) is 19.5 Å². The number of carbonyl (C=O) groups is 1. The van der Waals surface area contributed by atoms with Crippen molar-refractivity contribution in [3.05, 3.63) is 101 Å². The van der Waals surface area contributed by atoms with Crippen LogP contribution in [0.4, 0.5) is 10.1 Å². The number of methoxy groups -OCH3 is 2. The molecule has 0 aromatic heterocycles. The summed E-state index contributed by atoms with van der Waals surface area (Å²) in [4.78, 5) is 12.7. The minimum atomic E-state index is -0.543. The summed E-state index contributed by atoms with van der Waals surface area (Å²) >= 11 is 0. The van der Waals surface area contributed by atoms with Gasteiger partial charge in [-0.3, -0.25) is 4.79 Å². The standard InChI is InChI=1S/C28H25FN2O4/c1-4-5-21-14-20(15-22(17-30)28(32)31-24-10-12-25(33-2)13-11-24)16-26(34-3)27(21)35-18-19-6-8-23(29)9-7-19/h4,6-16H,1,5,18H2,2-3H3,(H,31,32)/b22-15+. The second kappa shape index (κ2) is 12.1. The van der Waals surface area contributed by atoms with Crippen LogP contribution in [-0.4, -0.2) is 20.1 Å². The highest BCUT2D eigenvalue weighted by Gasteiger charge is 2.15. The van der Waals surface area contributed by atoms with Crippen molar-refractivity contribution >= 4 is 17.7 Å². The third-order valence-electron chi connectivity index (χ3n) is 5.06. The van der Waals surface area contributed by atoms with E-state index in [-0.39, 0.29) is 18.0 Å². The van der Waals surface area contributed by atoms with Gasteiger partial charge in [0, 0.05) is 11.3 Å². The SMILES string of the molecule is C=CCc1cc(/C=C(\C#N)C(=O)Nc2ccc(OC)cc2)cc(OC)c1OCc1ccc(F)cc1. The molecule has 3 aromatic rings. The minimum absolute atomic E-state index is 0.0765. The van der Waals surface area contributed by atoms with E-state index in [4.69, 9.17) is 14.2 Å². The van der Waals surface area contributed by atoms with Gasteiger partial charge in [0.05, 0.1) is 14.2 Å². The molecule has 35 heavy (non-hydrogen) atoms. The molecule has 3 rings (SSSR count). The summed E-state index contributed by atoms with van der Waals surface area (Å²) in [5.74, 6) is 0.737. The topological polar surface area (TPSA) is 80.6 Å². The van der Waals surface area contributed by atoms with Crippen LogP contribution in [0.15, 0.2) is 78.9 Å². The van der Waals surface area contributed by atoms with Crippen molar-refractivity contribution in [2.45, 2.75) is 13.0 Å². The summed E-state index contributed by atoms with van der Waals surface area (Å²) < 4.78 is 29.8. The molecule has 0 aliphatic rings. The molecule has 0 radical (unpaired) electrons. The van der Waals surface area contributed by atoms with Crippen LogP contribution in [0.2, 0.25) is 0 Å². The zero-order chi connectivity index (χ0) is 25.2. The maximum absolute atomic E-state index is 13.2. The highest BCUT2D eigenvalue weighted by Crippen LogP contribution is 2.35. The van der Waals surface area contributed by atoms with Crippen molar-refractivity contribution in [2.24, 2.45) is 0 Å². The van der Waals surface area contributed by atoms with Gasteiger partial charge < -0.3 is 19.5 Å². The summed E-state index contributed by atoms with van der Waals surface area (Å²) in [5, 5.41) is 12.3. The van der Waals surface area contributed by atoms with Gasteiger partial charge in [-0.1, -0.05) is 18.2 Å². The number of anilines is 1. The molecule has 0 atom stereocenters. The summed E-state index contributed by atoms with van der Waals surface area (Å²) in [6.45, 7) is 4.01. The largest absolute Gasteiger partial charge is 0.497 e. The van der Waals surface area contributed by atoms with E-state index in [0.29, 0.717) is 34.9 Å². The Morgan fingerprint density at radius 2 is 1.80 bits per heavy atom. The van der Waals surface area contributed by atoms with Gasteiger partial charge in [-0.15, -0.1) is 6.58 Å². The predicted molar refractivity (Wildman–Crippen MR) is 133 cm³/mol. The Labute approximate surface area is 203 Å². The zero-order valence-corrected chi connectivity index (χ0v) is 19.5. The molecule has 0 unspecified atom stereocenters. The molecule has 6 nitrogen and oxygen atoms in total. The summed E-state index contributed by atoms with van der Waals surface area (Å²) in [5.41, 5.74) is 2.61. The second-order valence-electron chi connectivity index (χ2n) is 7.47. The molecule has 0 saturated heterocycles. The van der Waals surface area contributed by atoms with Gasteiger partial charge in [-0.2, -0.15) is 5.26 Å². The fraction of sp³-hybridized carbons (Fsp3) is 0.143. The molecule has 3 aromatic carbocycles. The molecule has 0 spiro atoms. The molecule has 1 amide bonds. The number of carbonyl (C=O) groups excluding carboxylic acids is 1. The van der Waals surface area contributed by atoms with Crippen LogP contribution in [0.1, 0.15) is 16.7 Å². The van der Waals surface area contributed by atoms with E-state index in [1.54, 1.807) is 55.7 Å². The predicted octanol–water partition coefficient (Wildman–Crippen LogP) is 5.70. The van der Waals surface area contributed by atoms with Gasteiger partial charge in [0.25, 0.3) is 5.91 Å². The zero-order valence-electron chi connectivity index (χ0n) is 19.5. The molecule has 0 saturated carbocycles. The van der Waals surface area contributed by atoms with Crippen LogP contribution < -0.4 is 19.5 Å². The van der Waals surface area contributed by atoms with E-state index in [0.717, 1.165) is 11.1 Å². The lowest BCUT2D eigenvalue weighted by molar-refractivity contribution is -0.112. The number of nitriles is 1. The molecule has 0 fully saturated rings. The van der Waals surface area contributed by atoms with Crippen molar-refractivity contribution in [3.63, 3.8) is 0 Å². The number of benzene rings is 3. The number of nitrogens with zero attached hydrogens (tertiary/aromatic N) is 1. The maximum Gasteiger partial charge on any atom is 0.266 e. The maximum atomic E-state index is 13.2. The van der Waals surface area contributed by atoms with Gasteiger partial charge in [-0.25, -0.2) is 4.39 Å². The van der Waals surface area contributed by atoms with Crippen LogP contribution >= 0.6 is 0 Å². The first kappa shape index (κ1) is 25.1. The third kappa shape index (κ3) is 6.71. The molecule has 0 bridgehead atoms. The molecule has 0 aliphatic heterocycles. The van der Waals surface area contributed by atoms with E-state index < -0.39 is 5.91 Å². The number of hydrogen-bond acceptors (Lipinski definition) is 5. The van der Waals surface area contributed by atoms with Crippen LogP contribution in [0, 0.1) is 17.1 Å². The molecule has 0 heterocycles. The van der Waals surface area contributed by atoms with E-state index in [1.165, 1.54) is 25.3 Å². The van der Waals surface area contributed by atoms with Crippen molar-refractivity contribution in [1.29, 1.82) is 5.26 Å². The Morgan fingerprint density at radius 3 is 2.40 bits per heavy atom. The Hall–Kier alpha value is -4.57. The Bertz CT molecular complexity index is 1260. The molecular formula is C28H25FN2O4. The van der Waals surface area contributed by atoms with Crippen molar-refractivity contribution < 1.29 is 23.4 Å². The first-order valence-corrected chi connectivity index (χ1v) is 10.7. The smallest absolute Gasteiger partial charge is 0.266 e. The number of hydrogen-bond donors (Lipinski definition) is 1. The molecule has 178 valence electrons. The quantitative estimate of drug-likeness (QED) is 0.233. The number of allylic oxidation sites excluding steroid dienone is 1. The fourth-order valence-corrected chi connectivity index (χ4v) is 3.31. The summed E-state index contributed by atoms with van der Waals surface area (Å²) in [7, 11) is 3.06. The van der Waals surface area contributed by atoms with Gasteiger partial charge >= 0.3 is 0 Å². The number of rotatable bonds is 10. The van der Waals surface area contributed by atoms with Crippen LogP contribution in [0.3, 0.4) is 0 Å². The lowest BCUT2D eigenvalue weighted by atomic mass is 10.0. The molecular weight excluding hydrogens is 447 g/mol. The minimum Gasteiger partial charge on any atom is -0.497 e. The Balaban J connectivity index is 1.87. The van der Waals surface area contributed by atoms with Crippen LogP contribution in [0.5, 0.6) is 17.2 Å². The Kier molecular flexibility index (Phi) is 8.63. The van der Waals surface area contributed by atoms with E-state index in [2.05, 4.69) is 11.9 Å². The summed E-state index contributed by atoms with van der Waals surface area (Å²) in [6.07, 6.45) is 3.67. The first-order chi connectivity index (χ1) is 17.0. The number of ether oxygens (including phenoxy) is 3. The molecule has 7 heteroatoms. The normalized spacial score (nSPS) is 10.7. The fourth-order valence-electron chi connectivity index (χ4n) is 3.31. The number of nitrogens with one attached hydrogen (secondary N) is 1. The number of halogens is 1. The average molecular weight is 473 g/mol. The van der Waals surface area contributed by atoms with E-state index in [1.807, 2.05) is 12.1 Å². The van der Waals surface area contributed by atoms with Crippen LogP contribution in [-0.2, 0) is 17.8 Å². The monoisotopic (exact) mass is 472 g/mol. The van der Waals surface area contributed by atoms with Gasteiger partial charge in [0.1, 0.15) is 29.8 Å². The number of amides is 1. The lowest BCUT2D eigenvalue weighted by Crippen LogP contribution is -2.13. The second-order valence-corrected chi connectivity index (χ2v) is 7.47. The van der Waals surface area contributed by atoms with Crippen molar-refractivity contribution in [3.8, 4) is 23.3 Å². The molecule has 1 N–H and O–H groups in total. The highest BCUT2D eigenvalue weighted by molar-refractivity contribution is 6.09. The Morgan fingerprint density at radius 1 is 1.09 bits per heavy atom. The first-order valence-electron chi connectivity index (χ1n) is 10.7. The molecule has 0 aliphatic carbocycles.